The number of carbonyl (C=O) groups is 1. The molecule has 1 aromatic heterocycles. The smallest absolute Gasteiger partial charge is 0.443 e. The van der Waals surface area contributed by atoms with E-state index in [0.717, 1.165) is 6.26 Å². The van der Waals surface area contributed by atoms with Crippen molar-refractivity contribution in [2.75, 3.05) is 0 Å². The molecule has 9 heteroatoms. The maximum atomic E-state index is 13.0. The van der Waals surface area contributed by atoms with Crippen LogP contribution in [0.25, 0.3) is 0 Å². The maximum absolute atomic E-state index is 13.0. The van der Waals surface area contributed by atoms with Crippen molar-refractivity contribution < 1.29 is 22.7 Å². The van der Waals surface area contributed by atoms with Crippen LogP contribution in [0.1, 0.15) is 18.5 Å². The van der Waals surface area contributed by atoms with Crippen LogP contribution in [0.2, 0.25) is 0 Å². The minimum absolute atomic E-state index is 0.0958. The Hall–Kier alpha value is -2.16. The number of quaternary nitrogens is 1. The second kappa shape index (κ2) is 3.95. The van der Waals surface area contributed by atoms with Gasteiger partial charge in [0.05, 0.1) is 0 Å². The van der Waals surface area contributed by atoms with Gasteiger partial charge in [0, 0.05) is 11.6 Å². The van der Waals surface area contributed by atoms with Gasteiger partial charge >= 0.3 is 6.03 Å². The van der Waals surface area contributed by atoms with E-state index in [-0.39, 0.29) is 12.4 Å². The number of primary amides is 1. The Kier molecular flexibility index (Phi) is 2.70. The minimum Gasteiger partial charge on any atom is -0.443 e. The molecule has 0 atom stereocenters. The van der Waals surface area contributed by atoms with Crippen LogP contribution in [0.3, 0.4) is 0 Å². The largest absolute Gasteiger partial charge is 0.468 e. The number of oxazole rings is 1. The van der Waals surface area contributed by atoms with Crippen molar-refractivity contribution in [3.8, 4) is 0 Å². The Balaban J connectivity index is 2.24. The second-order valence-electron chi connectivity index (χ2n) is 3.77. The number of rotatable bonds is 3. The summed E-state index contributed by atoms with van der Waals surface area (Å²) in [6.07, 6.45) is 3.39. The van der Waals surface area contributed by atoms with Gasteiger partial charge in [0.2, 0.25) is 6.54 Å². The van der Waals surface area contributed by atoms with Crippen LogP contribution in [0, 0.1) is 0 Å². The number of carbonyl (C=O) groups excluding carboxylic acids is 1. The number of hydrogen-bond donors (Lipinski definition) is 1. The van der Waals surface area contributed by atoms with Crippen LogP contribution in [0.5, 0.6) is 0 Å². The zero-order valence-electron chi connectivity index (χ0n) is 9.38. The number of aromatic nitrogens is 1. The lowest BCUT2D eigenvalue weighted by Gasteiger charge is -2.15. The summed E-state index contributed by atoms with van der Waals surface area (Å²) in [6, 6.07) is -0.858. The van der Waals surface area contributed by atoms with Crippen molar-refractivity contribution in [1.29, 1.82) is 0 Å². The Labute approximate surface area is 100 Å². The van der Waals surface area contributed by atoms with Crippen LogP contribution in [-0.2, 0) is 12.5 Å². The summed E-state index contributed by atoms with van der Waals surface area (Å²) >= 11 is 0. The molecule has 1 aliphatic heterocycles. The number of nitrogens with zero attached hydrogens (tertiary/aromatic N) is 4. The van der Waals surface area contributed by atoms with E-state index < -0.39 is 22.3 Å². The molecule has 2 N–H and O–H groups in total. The van der Waals surface area contributed by atoms with E-state index in [1.54, 1.807) is 0 Å². The SMILES string of the molecule is CC(F)(F)c1coc(C[N+]2(C(N)=O)N=CC=N2)n1. The average molecular weight is 258 g/mol. The van der Waals surface area contributed by atoms with Crippen LogP contribution in [-0.4, -0.2) is 28.1 Å². The van der Waals surface area contributed by atoms with Gasteiger partial charge in [0.15, 0.2) is 0 Å². The molecular formula is C9H10F2N5O2+. The van der Waals surface area contributed by atoms with Crippen molar-refractivity contribution in [2.45, 2.75) is 19.4 Å². The normalized spacial score (nSPS) is 17.3. The van der Waals surface area contributed by atoms with Crippen LogP contribution < -0.4 is 5.73 Å². The molecule has 0 saturated heterocycles. The minimum atomic E-state index is -3.11. The lowest BCUT2D eigenvalue weighted by molar-refractivity contribution is -0.874. The van der Waals surface area contributed by atoms with Gasteiger partial charge in [-0.2, -0.15) is 8.78 Å². The van der Waals surface area contributed by atoms with Gasteiger partial charge in [-0.3, -0.25) is 0 Å². The van der Waals surface area contributed by atoms with Crippen molar-refractivity contribution in [3.05, 3.63) is 17.8 Å². The van der Waals surface area contributed by atoms with Gasteiger partial charge in [-0.05, 0) is 10.2 Å². The van der Waals surface area contributed by atoms with Crippen molar-refractivity contribution in [2.24, 2.45) is 15.9 Å². The molecular weight excluding hydrogens is 248 g/mol. The maximum Gasteiger partial charge on any atom is 0.468 e. The molecule has 2 rings (SSSR count). The lowest BCUT2D eigenvalue weighted by atomic mass is 10.3. The van der Waals surface area contributed by atoms with Gasteiger partial charge in [0.25, 0.3) is 11.8 Å². The van der Waals surface area contributed by atoms with E-state index in [1.807, 2.05) is 0 Å². The fourth-order valence-electron chi connectivity index (χ4n) is 1.36. The summed E-state index contributed by atoms with van der Waals surface area (Å²) in [4.78, 5) is 14.9. The molecule has 0 radical (unpaired) electrons. The molecule has 0 bridgehead atoms. The number of halogens is 2. The predicted octanol–water partition coefficient (Wildman–Crippen LogP) is 1.17. The summed E-state index contributed by atoms with van der Waals surface area (Å²) in [7, 11) is 0. The monoisotopic (exact) mass is 258 g/mol. The molecule has 0 saturated carbocycles. The van der Waals surface area contributed by atoms with E-state index in [0.29, 0.717) is 6.92 Å². The highest BCUT2D eigenvalue weighted by atomic mass is 19.3. The predicted molar refractivity (Wildman–Crippen MR) is 56.6 cm³/mol. The highest BCUT2D eigenvalue weighted by Gasteiger charge is 2.41. The summed E-state index contributed by atoms with van der Waals surface area (Å²) < 4.78 is 30.0. The van der Waals surface area contributed by atoms with E-state index in [9.17, 15) is 13.6 Å². The molecule has 2 amide bonds. The first-order chi connectivity index (χ1) is 8.33. The number of urea groups is 1. The van der Waals surface area contributed by atoms with Crippen LogP contribution >= 0.6 is 0 Å². The van der Waals surface area contributed by atoms with Gasteiger partial charge in [-0.25, -0.2) is 9.78 Å². The van der Waals surface area contributed by atoms with Crippen molar-refractivity contribution in [3.63, 3.8) is 0 Å². The van der Waals surface area contributed by atoms with Crippen molar-refractivity contribution >= 4 is 18.5 Å². The quantitative estimate of drug-likeness (QED) is 0.824. The van der Waals surface area contributed by atoms with Gasteiger partial charge in [0.1, 0.15) is 24.4 Å². The average Bonchev–Trinajstić information content (AvgIpc) is 2.86. The highest BCUT2D eigenvalue weighted by Crippen LogP contribution is 2.27. The van der Waals surface area contributed by atoms with Crippen LogP contribution in [0.15, 0.2) is 20.9 Å². The molecule has 0 fully saturated rings. The lowest BCUT2D eigenvalue weighted by Crippen LogP contribution is -2.45. The topological polar surface area (TPSA) is 93.8 Å². The van der Waals surface area contributed by atoms with E-state index in [4.69, 9.17) is 10.2 Å². The summed E-state index contributed by atoms with van der Waals surface area (Å²) in [5, 5.41) is 7.52. The molecule has 7 nitrogen and oxygen atoms in total. The van der Waals surface area contributed by atoms with Crippen LogP contribution in [0.4, 0.5) is 13.6 Å². The number of alkyl halides is 2. The summed E-state index contributed by atoms with van der Waals surface area (Å²) in [6.45, 7) is 0.442. The third-order valence-corrected chi connectivity index (χ3v) is 2.29. The zero-order valence-corrected chi connectivity index (χ0v) is 9.38. The molecule has 0 aromatic carbocycles. The Bertz CT molecular complexity index is 519. The molecule has 96 valence electrons. The Morgan fingerprint density at radius 2 is 2.11 bits per heavy atom. The summed E-state index contributed by atoms with van der Waals surface area (Å²) in [5.41, 5.74) is 4.64. The Morgan fingerprint density at radius 1 is 1.50 bits per heavy atom. The first-order valence-electron chi connectivity index (χ1n) is 4.94. The molecule has 0 aliphatic carbocycles. The zero-order chi connectivity index (χ0) is 13.4. The van der Waals surface area contributed by atoms with Gasteiger partial charge in [-0.15, -0.1) is 0 Å². The fraction of sp³-hybridized carbons (Fsp3) is 0.333. The number of amides is 2. The molecule has 1 aromatic rings. The molecule has 0 unspecified atom stereocenters. The second-order valence-corrected chi connectivity index (χ2v) is 3.77. The van der Waals surface area contributed by atoms with Gasteiger partial charge < -0.3 is 10.2 Å². The standard InChI is InChI=1S/C9H9F2N5O2/c1-9(10,11)6-5-18-7(15-6)4-16(8(12)17)13-2-3-14-16/h2-3,5H,4H2,1H3,(H-,12,17)/p+1. The Morgan fingerprint density at radius 3 is 2.56 bits per heavy atom. The van der Waals surface area contributed by atoms with E-state index >= 15 is 0 Å². The third-order valence-electron chi connectivity index (χ3n) is 2.29. The van der Waals surface area contributed by atoms with Crippen molar-refractivity contribution in [1.82, 2.24) is 4.98 Å². The first kappa shape index (κ1) is 12.3. The number of nitrogens with two attached hydrogens (primary N) is 1. The fourth-order valence-corrected chi connectivity index (χ4v) is 1.36. The van der Waals surface area contributed by atoms with E-state index in [2.05, 4.69) is 15.2 Å². The first-order valence-corrected chi connectivity index (χ1v) is 4.94. The molecule has 18 heavy (non-hydrogen) atoms. The molecule has 1 aliphatic rings. The molecule has 0 spiro atoms. The van der Waals surface area contributed by atoms with Gasteiger partial charge in [-0.1, -0.05) is 0 Å². The highest BCUT2D eigenvalue weighted by molar-refractivity contribution is 6.16. The molecule has 2 heterocycles. The summed E-state index contributed by atoms with van der Waals surface area (Å²) in [5.74, 6) is -3.21. The third kappa shape index (κ3) is 2.12. The number of hydrogen-bond acceptors (Lipinski definition) is 5. The van der Waals surface area contributed by atoms with E-state index in [1.165, 1.54) is 12.4 Å².